The summed E-state index contributed by atoms with van der Waals surface area (Å²) in [6.45, 7) is 1.51. The summed E-state index contributed by atoms with van der Waals surface area (Å²) in [6, 6.07) is 9.03. The van der Waals surface area contributed by atoms with Crippen molar-refractivity contribution in [3.05, 3.63) is 41.4 Å². The number of hydrogen-bond acceptors (Lipinski definition) is 1. The van der Waals surface area contributed by atoms with Crippen LogP contribution in [0.4, 0.5) is 0 Å². The maximum Gasteiger partial charge on any atom is 0.386 e. The van der Waals surface area contributed by atoms with Crippen LogP contribution in [0.2, 0.25) is 0 Å². The molecule has 82 valence electrons. The molecule has 0 N–H and O–H groups in total. The Balaban J connectivity index is 2.24. The van der Waals surface area contributed by atoms with E-state index >= 15 is 0 Å². The van der Waals surface area contributed by atoms with Crippen molar-refractivity contribution >= 4 is 11.6 Å². The zero-order chi connectivity index (χ0) is 11.4. The zero-order valence-electron chi connectivity index (χ0n) is 8.97. The van der Waals surface area contributed by atoms with Crippen LogP contribution in [0.15, 0.2) is 30.3 Å². The van der Waals surface area contributed by atoms with Gasteiger partial charge in [-0.2, -0.15) is 4.79 Å². The van der Waals surface area contributed by atoms with Crippen LogP contribution in [0.25, 0.3) is 5.53 Å². The van der Waals surface area contributed by atoms with Gasteiger partial charge in [-0.05, 0) is 25.0 Å². The van der Waals surface area contributed by atoms with E-state index in [1.54, 1.807) is 17.0 Å². The first kappa shape index (κ1) is 10.6. The van der Waals surface area contributed by atoms with E-state index in [0.717, 1.165) is 25.9 Å². The molecule has 1 aromatic carbocycles. The quantitative estimate of drug-likeness (QED) is 0.417. The molecule has 0 saturated carbocycles. The average Bonchev–Trinajstić information content (AvgIpc) is 2.85. The van der Waals surface area contributed by atoms with Crippen molar-refractivity contribution in [3.8, 4) is 0 Å². The fourth-order valence-electron chi connectivity index (χ4n) is 1.89. The predicted molar refractivity (Wildman–Crippen MR) is 60.0 cm³/mol. The van der Waals surface area contributed by atoms with Crippen LogP contribution in [-0.2, 0) is 4.79 Å². The molecule has 1 saturated heterocycles. The highest BCUT2D eigenvalue weighted by Gasteiger charge is 2.29. The van der Waals surface area contributed by atoms with Gasteiger partial charge < -0.3 is 10.4 Å². The van der Waals surface area contributed by atoms with Crippen molar-refractivity contribution in [2.75, 3.05) is 13.1 Å². The fraction of sp³-hybridized carbons (Fsp3) is 0.333. The Kier molecular flexibility index (Phi) is 3.13. The summed E-state index contributed by atoms with van der Waals surface area (Å²) in [6.07, 6.45) is 2.05. The first-order valence-corrected chi connectivity index (χ1v) is 5.39. The van der Waals surface area contributed by atoms with Crippen LogP contribution in [0.3, 0.4) is 0 Å². The molecule has 4 nitrogen and oxygen atoms in total. The number of hydrogen-bond donors (Lipinski definition) is 0. The van der Waals surface area contributed by atoms with E-state index in [2.05, 4.69) is 4.79 Å². The summed E-state index contributed by atoms with van der Waals surface area (Å²) in [5, 5.41) is 0. The van der Waals surface area contributed by atoms with Gasteiger partial charge in [0.05, 0.1) is 5.56 Å². The Morgan fingerprint density at radius 3 is 2.38 bits per heavy atom. The minimum Gasteiger partial charge on any atom is -0.361 e. The third-order valence-electron chi connectivity index (χ3n) is 2.74. The average molecular weight is 215 g/mol. The molecule has 0 aliphatic carbocycles. The lowest BCUT2D eigenvalue weighted by molar-refractivity contribution is -0.127. The maximum absolute atomic E-state index is 12.0. The third kappa shape index (κ3) is 2.02. The van der Waals surface area contributed by atoms with Crippen LogP contribution >= 0.6 is 0 Å². The lowest BCUT2D eigenvalue weighted by Gasteiger charge is -2.11. The number of benzene rings is 1. The van der Waals surface area contributed by atoms with Gasteiger partial charge in [-0.1, -0.05) is 18.2 Å². The summed E-state index contributed by atoms with van der Waals surface area (Å²) < 4.78 is 0. The molecule has 0 bridgehead atoms. The summed E-state index contributed by atoms with van der Waals surface area (Å²) >= 11 is 0. The molecule has 0 spiro atoms. The van der Waals surface area contributed by atoms with Gasteiger partial charge in [-0.25, -0.2) is 0 Å². The first-order valence-electron chi connectivity index (χ1n) is 5.39. The molecule has 1 aliphatic heterocycles. The van der Waals surface area contributed by atoms with Crippen LogP contribution in [0.5, 0.6) is 0 Å². The lowest BCUT2D eigenvalue weighted by atomic mass is 10.1. The van der Waals surface area contributed by atoms with E-state index in [0.29, 0.717) is 5.56 Å². The van der Waals surface area contributed by atoms with E-state index < -0.39 is 0 Å². The van der Waals surface area contributed by atoms with Crippen molar-refractivity contribution in [3.63, 3.8) is 0 Å². The van der Waals surface area contributed by atoms with Gasteiger partial charge in [0.2, 0.25) is 0 Å². The standard InChI is InChI=1S/C12H13N3O/c13-14-11(10-6-2-1-3-7-10)12(16)15-8-4-5-9-15/h1-3,6-7H,4-5,8-9H2. The Morgan fingerprint density at radius 2 is 1.81 bits per heavy atom. The van der Waals surface area contributed by atoms with E-state index in [1.807, 2.05) is 18.2 Å². The molecule has 4 heteroatoms. The number of amides is 1. The van der Waals surface area contributed by atoms with E-state index in [1.165, 1.54) is 0 Å². The number of rotatable bonds is 2. The molecule has 16 heavy (non-hydrogen) atoms. The number of nitrogens with zero attached hydrogens (tertiary/aromatic N) is 3. The number of carbonyl (C=O) groups excluding carboxylic acids is 1. The van der Waals surface area contributed by atoms with Gasteiger partial charge in [0, 0.05) is 13.1 Å². The highest BCUT2D eigenvalue weighted by molar-refractivity contribution is 6.42. The summed E-state index contributed by atoms with van der Waals surface area (Å²) in [5.74, 6) is -0.189. The highest BCUT2D eigenvalue weighted by Crippen LogP contribution is 2.10. The van der Waals surface area contributed by atoms with E-state index in [-0.39, 0.29) is 11.6 Å². The second-order valence-corrected chi connectivity index (χ2v) is 3.81. The smallest absolute Gasteiger partial charge is 0.361 e. The van der Waals surface area contributed by atoms with Crippen molar-refractivity contribution in [1.29, 1.82) is 0 Å². The third-order valence-corrected chi connectivity index (χ3v) is 2.74. The Bertz CT molecular complexity index is 429. The van der Waals surface area contributed by atoms with Gasteiger partial charge in [0.1, 0.15) is 0 Å². The Labute approximate surface area is 94.1 Å². The van der Waals surface area contributed by atoms with Gasteiger partial charge in [-0.15, -0.1) is 0 Å². The molecule has 1 amide bonds. The monoisotopic (exact) mass is 215 g/mol. The minimum atomic E-state index is -0.189. The molecular weight excluding hydrogens is 202 g/mol. The predicted octanol–water partition coefficient (Wildman–Crippen LogP) is 1.33. The number of carbonyl (C=O) groups is 1. The van der Waals surface area contributed by atoms with Crippen molar-refractivity contribution in [2.45, 2.75) is 12.8 Å². The molecule has 0 atom stereocenters. The van der Waals surface area contributed by atoms with Crippen molar-refractivity contribution in [1.82, 2.24) is 4.90 Å². The summed E-state index contributed by atoms with van der Waals surface area (Å²) in [7, 11) is 0. The van der Waals surface area contributed by atoms with Crippen molar-refractivity contribution < 1.29 is 9.58 Å². The summed E-state index contributed by atoms with van der Waals surface area (Å²) in [5.41, 5.74) is 9.73. The Hall–Kier alpha value is -1.93. The summed E-state index contributed by atoms with van der Waals surface area (Å²) in [4.78, 5) is 16.9. The molecule has 1 aromatic rings. The largest absolute Gasteiger partial charge is 0.386 e. The maximum atomic E-state index is 12.0. The molecule has 2 rings (SSSR count). The second kappa shape index (κ2) is 4.73. The van der Waals surface area contributed by atoms with Crippen molar-refractivity contribution in [2.24, 2.45) is 0 Å². The van der Waals surface area contributed by atoms with E-state index in [4.69, 9.17) is 5.53 Å². The molecule has 1 heterocycles. The molecule has 0 unspecified atom stereocenters. The topological polar surface area (TPSA) is 56.7 Å². The van der Waals surface area contributed by atoms with Crippen LogP contribution < -0.4 is 0 Å². The van der Waals surface area contributed by atoms with Gasteiger partial charge >= 0.3 is 11.6 Å². The first-order chi connectivity index (χ1) is 7.83. The molecule has 0 radical (unpaired) electrons. The SMILES string of the molecule is [N-]=[N+]=C(C(=O)N1CCCC1)c1ccccc1. The Morgan fingerprint density at radius 1 is 1.19 bits per heavy atom. The molecular formula is C12H13N3O. The fourth-order valence-corrected chi connectivity index (χ4v) is 1.89. The zero-order valence-corrected chi connectivity index (χ0v) is 8.97. The van der Waals surface area contributed by atoms with Gasteiger partial charge in [-0.3, -0.25) is 4.79 Å². The van der Waals surface area contributed by atoms with Gasteiger partial charge in [0.15, 0.2) is 0 Å². The van der Waals surface area contributed by atoms with Crippen LogP contribution in [0.1, 0.15) is 18.4 Å². The normalized spacial score (nSPS) is 14.6. The molecule has 1 aliphatic rings. The van der Waals surface area contributed by atoms with Crippen LogP contribution in [0, 0.1) is 0 Å². The highest BCUT2D eigenvalue weighted by atomic mass is 16.2. The lowest BCUT2D eigenvalue weighted by Crippen LogP contribution is -2.35. The molecule has 1 fully saturated rings. The number of likely N-dealkylation sites (tertiary alicyclic amines) is 1. The van der Waals surface area contributed by atoms with Gasteiger partial charge in [0.25, 0.3) is 0 Å². The minimum absolute atomic E-state index is 0.127. The molecule has 0 aromatic heterocycles. The van der Waals surface area contributed by atoms with E-state index in [9.17, 15) is 4.79 Å². The van der Waals surface area contributed by atoms with Crippen LogP contribution in [-0.4, -0.2) is 34.4 Å². The second-order valence-electron chi connectivity index (χ2n) is 3.81.